The molecule has 8 nitrogen and oxygen atoms in total. The van der Waals surface area contributed by atoms with E-state index in [0.29, 0.717) is 11.4 Å². The second-order valence-electron chi connectivity index (χ2n) is 5.90. The highest BCUT2D eigenvalue weighted by atomic mass is 16.5. The summed E-state index contributed by atoms with van der Waals surface area (Å²) in [4.78, 5) is 35.2. The number of amides is 2. The van der Waals surface area contributed by atoms with Gasteiger partial charge in [0.15, 0.2) is 12.4 Å². The summed E-state index contributed by atoms with van der Waals surface area (Å²) in [6, 6.07) is 7.21. The molecule has 0 atom stereocenters. The van der Waals surface area contributed by atoms with Gasteiger partial charge in [-0.25, -0.2) is 0 Å². The molecule has 0 bridgehead atoms. The van der Waals surface area contributed by atoms with Crippen molar-refractivity contribution in [2.75, 3.05) is 17.2 Å². The van der Waals surface area contributed by atoms with Crippen LogP contribution in [-0.2, 0) is 19.1 Å². The molecule has 0 unspecified atom stereocenters. The van der Waals surface area contributed by atoms with E-state index in [9.17, 15) is 14.4 Å². The average Bonchev–Trinajstić information content (AvgIpc) is 2.98. The number of nitrogens with zero attached hydrogens (tertiary/aromatic N) is 1. The third-order valence-electron chi connectivity index (χ3n) is 3.47. The molecule has 26 heavy (non-hydrogen) atoms. The van der Waals surface area contributed by atoms with E-state index in [1.807, 2.05) is 32.0 Å². The van der Waals surface area contributed by atoms with Crippen molar-refractivity contribution < 1.29 is 23.6 Å². The largest absolute Gasteiger partial charge is 0.456 e. The summed E-state index contributed by atoms with van der Waals surface area (Å²) in [5.41, 5.74) is 2.75. The quantitative estimate of drug-likeness (QED) is 0.735. The Hall–Kier alpha value is -3.16. The molecule has 138 valence electrons. The first-order valence-electron chi connectivity index (χ1n) is 8.09. The Morgan fingerprint density at radius 2 is 1.81 bits per heavy atom. The van der Waals surface area contributed by atoms with E-state index >= 15 is 0 Å². The van der Waals surface area contributed by atoms with E-state index in [4.69, 9.17) is 9.26 Å². The number of rotatable bonds is 7. The Balaban J connectivity index is 1.69. The maximum absolute atomic E-state index is 11.9. The number of hydrogen-bond acceptors (Lipinski definition) is 6. The van der Waals surface area contributed by atoms with Crippen LogP contribution in [0.1, 0.15) is 29.7 Å². The van der Waals surface area contributed by atoms with E-state index in [0.717, 1.165) is 11.1 Å². The van der Waals surface area contributed by atoms with Crippen LogP contribution in [0.3, 0.4) is 0 Å². The van der Waals surface area contributed by atoms with Crippen LogP contribution in [0.2, 0.25) is 0 Å². The van der Waals surface area contributed by atoms with E-state index < -0.39 is 18.5 Å². The highest BCUT2D eigenvalue weighted by Crippen LogP contribution is 2.16. The third kappa shape index (κ3) is 6.04. The zero-order valence-electron chi connectivity index (χ0n) is 14.9. The first-order chi connectivity index (χ1) is 12.3. The topological polar surface area (TPSA) is 111 Å². The minimum atomic E-state index is -0.632. The lowest BCUT2D eigenvalue weighted by Crippen LogP contribution is -2.22. The van der Waals surface area contributed by atoms with Gasteiger partial charge in [0.2, 0.25) is 5.91 Å². The van der Waals surface area contributed by atoms with Gasteiger partial charge in [0.1, 0.15) is 5.76 Å². The molecule has 2 N–H and O–H groups in total. The molecule has 0 aliphatic carbocycles. The highest BCUT2D eigenvalue weighted by Gasteiger charge is 2.12. The number of carbonyl (C=O) groups excluding carboxylic acids is 3. The Bertz CT molecular complexity index is 813. The Labute approximate surface area is 150 Å². The Morgan fingerprint density at radius 1 is 1.04 bits per heavy atom. The molecule has 0 saturated carbocycles. The number of esters is 1. The van der Waals surface area contributed by atoms with Gasteiger partial charge in [-0.05, 0) is 32.4 Å². The van der Waals surface area contributed by atoms with Crippen molar-refractivity contribution in [2.45, 2.75) is 33.6 Å². The van der Waals surface area contributed by atoms with Crippen molar-refractivity contribution in [3.8, 4) is 0 Å². The number of benzene rings is 1. The standard InChI is InChI=1S/C18H21N3O5/c1-11-4-5-14(12(2)8-11)19-16(22)6-7-18(24)25-10-17(23)20-15-9-13(3)26-21-15/h4-5,8-9H,6-7,10H2,1-3H3,(H,19,22)(H,20,21,23). The van der Waals surface area contributed by atoms with Crippen molar-refractivity contribution in [3.05, 3.63) is 41.2 Å². The fourth-order valence-corrected chi connectivity index (χ4v) is 2.20. The molecule has 1 aromatic carbocycles. The number of ether oxygens (including phenoxy) is 1. The zero-order chi connectivity index (χ0) is 19.1. The fraction of sp³-hybridized carbons (Fsp3) is 0.333. The predicted octanol–water partition coefficient (Wildman–Crippen LogP) is 2.50. The number of aromatic nitrogens is 1. The second kappa shape index (κ2) is 8.80. The number of anilines is 2. The minimum Gasteiger partial charge on any atom is -0.456 e. The van der Waals surface area contributed by atoms with Gasteiger partial charge in [-0.3, -0.25) is 14.4 Å². The molecule has 0 radical (unpaired) electrons. The lowest BCUT2D eigenvalue weighted by molar-refractivity contribution is -0.147. The summed E-state index contributed by atoms with van der Waals surface area (Å²) in [5.74, 6) is -0.668. The van der Waals surface area contributed by atoms with Crippen LogP contribution >= 0.6 is 0 Å². The van der Waals surface area contributed by atoms with Crippen LogP contribution in [0, 0.1) is 20.8 Å². The monoisotopic (exact) mass is 359 g/mol. The maximum Gasteiger partial charge on any atom is 0.306 e. The molecular weight excluding hydrogens is 338 g/mol. The van der Waals surface area contributed by atoms with Gasteiger partial charge in [0.25, 0.3) is 5.91 Å². The SMILES string of the molecule is Cc1ccc(NC(=O)CCC(=O)OCC(=O)Nc2cc(C)on2)c(C)c1. The van der Waals surface area contributed by atoms with Gasteiger partial charge in [0.05, 0.1) is 6.42 Å². The van der Waals surface area contributed by atoms with Crippen LogP contribution in [0.15, 0.2) is 28.8 Å². The normalized spacial score (nSPS) is 10.3. The first-order valence-corrected chi connectivity index (χ1v) is 8.09. The summed E-state index contributed by atoms with van der Waals surface area (Å²) >= 11 is 0. The van der Waals surface area contributed by atoms with E-state index in [2.05, 4.69) is 15.8 Å². The van der Waals surface area contributed by atoms with Crippen LogP contribution in [-0.4, -0.2) is 29.5 Å². The van der Waals surface area contributed by atoms with Gasteiger partial charge in [-0.1, -0.05) is 22.9 Å². The highest BCUT2D eigenvalue weighted by molar-refractivity contribution is 5.94. The Kier molecular flexibility index (Phi) is 6.48. The van der Waals surface area contributed by atoms with Crippen LogP contribution in [0.5, 0.6) is 0 Å². The van der Waals surface area contributed by atoms with E-state index in [1.54, 1.807) is 6.92 Å². The predicted molar refractivity (Wildman–Crippen MR) is 94.6 cm³/mol. The maximum atomic E-state index is 11.9. The van der Waals surface area contributed by atoms with Gasteiger partial charge in [-0.15, -0.1) is 0 Å². The van der Waals surface area contributed by atoms with Gasteiger partial charge < -0.3 is 19.9 Å². The smallest absolute Gasteiger partial charge is 0.306 e. The fourth-order valence-electron chi connectivity index (χ4n) is 2.20. The number of nitrogens with one attached hydrogen (secondary N) is 2. The van der Waals surface area contributed by atoms with Crippen molar-refractivity contribution in [1.82, 2.24) is 5.16 Å². The Morgan fingerprint density at radius 3 is 2.46 bits per heavy atom. The molecule has 1 aromatic heterocycles. The summed E-state index contributed by atoms with van der Waals surface area (Å²) in [6.45, 7) is 5.09. The third-order valence-corrected chi connectivity index (χ3v) is 3.47. The molecule has 2 rings (SSSR count). The summed E-state index contributed by atoms with van der Waals surface area (Å²) in [6.07, 6.45) is -0.149. The summed E-state index contributed by atoms with van der Waals surface area (Å²) in [7, 11) is 0. The molecule has 0 aliphatic heterocycles. The van der Waals surface area contributed by atoms with Crippen LogP contribution in [0.25, 0.3) is 0 Å². The first kappa shape index (κ1) is 19.2. The van der Waals surface area contributed by atoms with Gasteiger partial charge >= 0.3 is 5.97 Å². The van der Waals surface area contributed by atoms with E-state index in [-0.39, 0.29) is 24.6 Å². The summed E-state index contributed by atoms with van der Waals surface area (Å²) in [5, 5.41) is 8.77. The van der Waals surface area contributed by atoms with Gasteiger partial charge in [0, 0.05) is 18.2 Å². The lowest BCUT2D eigenvalue weighted by Gasteiger charge is -2.09. The number of aryl methyl sites for hydroxylation is 3. The second-order valence-corrected chi connectivity index (χ2v) is 5.90. The molecule has 0 spiro atoms. The van der Waals surface area contributed by atoms with Crippen molar-refractivity contribution in [2.24, 2.45) is 0 Å². The molecular formula is C18H21N3O5. The molecule has 2 aromatic rings. The zero-order valence-corrected chi connectivity index (χ0v) is 14.9. The van der Waals surface area contributed by atoms with Crippen LogP contribution in [0.4, 0.5) is 11.5 Å². The molecule has 0 fully saturated rings. The molecule has 1 heterocycles. The number of carbonyl (C=O) groups is 3. The minimum absolute atomic E-state index is 0.0315. The lowest BCUT2D eigenvalue weighted by atomic mass is 10.1. The van der Waals surface area contributed by atoms with Crippen molar-refractivity contribution in [1.29, 1.82) is 0 Å². The van der Waals surface area contributed by atoms with Gasteiger partial charge in [-0.2, -0.15) is 0 Å². The molecule has 2 amide bonds. The molecule has 0 saturated heterocycles. The summed E-state index contributed by atoms with van der Waals surface area (Å²) < 4.78 is 9.64. The molecule has 0 aliphatic rings. The van der Waals surface area contributed by atoms with Crippen molar-refractivity contribution in [3.63, 3.8) is 0 Å². The van der Waals surface area contributed by atoms with E-state index in [1.165, 1.54) is 6.07 Å². The molecule has 8 heteroatoms. The number of hydrogen-bond donors (Lipinski definition) is 2. The van der Waals surface area contributed by atoms with Crippen molar-refractivity contribution >= 4 is 29.3 Å². The van der Waals surface area contributed by atoms with Crippen LogP contribution < -0.4 is 10.6 Å². The average molecular weight is 359 g/mol.